The summed E-state index contributed by atoms with van der Waals surface area (Å²) in [6.45, 7) is 3.24. The average Bonchev–Trinajstić information content (AvgIpc) is 3.17. The van der Waals surface area contributed by atoms with Crippen LogP contribution in [0.2, 0.25) is 0 Å². The topological polar surface area (TPSA) is 94.7 Å². The second-order valence-corrected chi connectivity index (χ2v) is 6.94. The Bertz CT molecular complexity index is 826. The number of aromatic amines is 2. The van der Waals surface area contributed by atoms with Crippen LogP contribution in [-0.4, -0.2) is 44.1 Å². The van der Waals surface area contributed by atoms with Crippen molar-refractivity contribution >= 4 is 5.91 Å². The molecule has 0 saturated carbocycles. The van der Waals surface area contributed by atoms with Crippen LogP contribution in [0.25, 0.3) is 0 Å². The normalized spacial score (nSPS) is 22.8. The zero-order valence-electron chi connectivity index (χ0n) is 13.8. The van der Waals surface area contributed by atoms with Crippen LogP contribution < -0.4 is 5.56 Å². The van der Waals surface area contributed by atoms with Gasteiger partial charge in [-0.15, -0.1) is 0 Å². The summed E-state index contributed by atoms with van der Waals surface area (Å²) >= 11 is 0. The highest BCUT2D eigenvalue weighted by Crippen LogP contribution is 2.42. The van der Waals surface area contributed by atoms with E-state index in [9.17, 15) is 9.59 Å². The van der Waals surface area contributed by atoms with Crippen molar-refractivity contribution in [3.05, 3.63) is 45.4 Å². The fourth-order valence-corrected chi connectivity index (χ4v) is 4.16. The van der Waals surface area contributed by atoms with Crippen LogP contribution in [0.5, 0.6) is 0 Å². The number of likely N-dealkylation sites (tertiary alicyclic amines) is 1. The van der Waals surface area contributed by atoms with Gasteiger partial charge in [0.05, 0.1) is 12.1 Å². The fourth-order valence-electron chi connectivity index (χ4n) is 4.16. The van der Waals surface area contributed by atoms with Crippen molar-refractivity contribution in [2.75, 3.05) is 13.1 Å². The average molecular weight is 327 g/mol. The third-order valence-electron chi connectivity index (χ3n) is 5.32. The molecule has 4 rings (SSSR count). The van der Waals surface area contributed by atoms with E-state index in [0.29, 0.717) is 18.8 Å². The minimum Gasteiger partial charge on any atom is -0.341 e. The number of rotatable bonds is 2. The number of piperidine rings is 1. The molecule has 7 nitrogen and oxygen atoms in total. The quantitative estimate of drug-likeness (QED) is 0.855. The van der Waals surface area contributed by atoms with Crippen LogP contribution in [-0.2, 0) is 23.1 Å². The van der Waals surface area contributed by atoms with Gasteiger partial charge in [0.15, 0.2) is 0 Å². The second kappa shape index (κ2) is 5.58. The first-order valence-corrected chi connectivity index (χ1v) is 8.44. The van der Waals surface area contributed by atoms with Crippen molar-refractivity contribution in [3.63, 3.8) is 0 Å². The summed E-state index contributed by atoms with van der Waals surface area (Å²) in [6.07, 6.45) is 5.58. The molecule has 0 aromatic carbocycles. The molecule has 1 unspecified atom stereocenters. The zero-order valence-corrected chi connectivity index (χ0v) is 13.8. The van der Waals surface area contributed by atoms with Crippen molar-refractivity contribution in [1.82, 2.24) is 25.1 Å². The van der Waals surface area contributed by atoms with Gasteiger partial charge in [-0.2, -0.15) is 5.10 Å². The van der Waals surface area contributed by atoms with Gasteiger partial charge in [-0.3, -0.25) is 14.7 Å². The molecule has 24 heavy (non-hydrogen) atoms. The van der Waals surface area contributed by atoms with Gasteiger partial charge in [0.1, 0.15) is 5.82 Å². The van der Waals surface area contributed by atoms with Gasteiger partial charge in [-0.1, -0.05) is 0 Å². The highest BCUT2D eigenvalue weighted by molar-refractivity contribution is 5.78. The molecule has 1 aliphatic carbocycles. The Hall–Kier alpha value is -2.44. The molecule has 1 atom stereocenters. The summed E-state index contributed by atoms with van der Waals surface area (Å²) < 4.78 is 0. The first-order chi connectivity index (χ1) is 11.6. The number of nitrogens with one attached hydrogen (secondary N) is 2. The number of aromatic nitrogens is 4. The minimum atomic E-state index is -0.156. The number of hydrogen-bond acceptors (Lipinski definition) is 4. The molecule has 1 aliphatic heterocycles. The Morgan fingerprint density at radius 2 is 2.29 bits per heavy atom. The Morgan fingerprint density at radius 3 is 3.08 bits per heavy atom. The van der Waals surface area contributed by atoms with E-state index < -0.39 is 0 Å². The van der Waals surface area contributed by atoms with E-state index in [0.717, 1.165) is 49.2 Å². The largest absolute Gasteiger partial charge is 0.341 e. The van der Waals surface area contributed by atoms with E-state index in [4.69, 9.17) is 0 Å². The van der Waals surface area contributed by atoms with Gasteiger partial charge in [0.2, 0.25) is 5.91 Å². The number of hydrogen-bond donors (Lipinski definition) is 2. The van der Waals surface area contributed by atoms with Gasteiger partial charge < -0.3 is 9.88 Å². The second-order valence-electron chi connectivity index (χ2n) is 6.94. The van der Waals surface area contributed by atoms with Crippen molar-refractivity contribution in [2.45, 2.75) is 44.4 Å². The molecule has 2 N–H and O–H groups in total. The van der Waals surface area contributed by atoms with E-state index in [1.165, 1.54) is 0 Å². The monoisotopic (exact) mass is 327 g/mol. The number of nitrogens with zero attached hydrogens (tertiary/aromatic N) is 3. The minimum absolute atomic E-state index is 0.0183. The summed E-state index contributed by atoms with van der Waals surface area (Å²) in [5.41, 5.74) is 2.38. The summed E-state index contributed by atoms with van der Waals surface area (Å²) in [7, 11) is 0. The standard InChI is InChI=1S/C17H21N5O2/c1-11-19-15-13(16(24)20-11)3-6-17(15)5-2-8-22(10-17)14(23)9-12-4-7-18-21-12/h4,7H,2-3,5-6,8-10H2,1H3,(H,18,21)(H,19,20,24). The predicted octanol–water partition coefficient (Wildman–Crippen LogP) is 0.851. The maximum Gasteiger partial charge on any atom is 0.254 e. The molecule has 0 bridgehead atoms. The van der Waals surface area contributed by atoms with Gasteiger partial charge >= 0.3 is 0 Å². The zero-order chi connectivity index (χ0) is 16.7. The molecule has 1 amide bonds. The third kappa shape index (κ3) is 2.44. The lowest BCUT2D eigenvalue weighted by Crippen LogP contribution is -2.48. The Kier molecular flexibility index (Phi) is 3.51. The van der Waals surface area contributed by atoms with E-state index in [1.54, 1.807) is 6.20 Å². The molecule has 2 aromatic heterocycles. The molecule has 7 heteroatoms. The molecule has 0 radical (unpaired) electrons. The van der Waals surface area contributed by atoms with Crippen LogP contribution >= 0.6 is 0 Å². The predicted molar refractivity (Wildman–Crippen MR) is 87.7 cm³/mol. The highest BCUT2D eigenvalue weighted by Gasteiger charge is 2.45. The number of amides is 1. The van der Waals surface area contributed by atoms with E-state index in [-0.39, 0.29) is 16.9 Å². The molecule has 1 fully saturated rings. The summed E-state index contributed by atoms with van der Waals surface area (Å²) in [5.74, 6) is 0.759. The van der Waals surface area contributed by atoms with E-state index in [2.05, 4.69) is 20.2 Å². The summed E-state index contributed by atoms with van der Waals surface area (Å²) in [4.78, 5) is 34.2. The van der Waals surface area contributed by atoms with Gasteiger partial charge in [0, 0.05) is 36.0 Å². The van der Waals surface area contributed by atoms with Crippen LogP contribution in [0.15, 0.2) is 17.1 Å². The number of fused-ring (bicyclic) bond motifs is 2. The van der Waals surface area contributed by atoms with Gasteiger partial charge in [-0.05, 0) is 38.7 Å². The molecule has 2 aliphatic rings. The van der Waals surface area contributed by atoms with E-state index >= 15 is 0 Å². The number of H-pyrrole nitrogens is 2. The molecule has 2 aromatic rings. The lowest BCUT2D eigenvalue weighted by Gasteiger charge is -2.40. The van der Waals surface area contributed by atoms with Gasteiger partial charge in [-0.25, -0.2) is 4.98 Å². The summed E-state index contributed by atoms with van der Waals surface area (Å²) in [5, 5.41) is 6.74. The third-order valence-corrected chi connectivity index (χ3v) is 5.32. The molecule has 126 valence electrons. The molecule has 1 spiro atoms. The van der Waals surface area contributed by atoms with Crippen molar-refractivity contribution in [2.24, 2.45) is 0 Å². The van der Waals surface area contributed by atoms with Crippen molar-refractivity contribution in [3.8, 4) is 0 Å². The molecular formula is C17H21N5O2. The first kappa shape index (κ1) is 15.1. The van der Waals surface area contributed by atoms with Crippen LogP contribution in [0, 0.1) is 6.92 Å². The Balaban J connectivity index is 1.60. The van der Waals surface area contributed by atoms with Crippen LogP contribution in [0.1, 0.15) is 42.0 Å². The maximum atomic E-state index is 12.6. The lowest BCUT2D eigenvalue weighted by molar-refractivity contribution is -0.132. The fraction of sp³-hybridized carbons (Fsp3) is 0.529. The smallest absolute Gasteiger partial charge is 0.254 e. The number of carbonyl (C=O) groups is 1. The van der Waals surface area contributed by atoms with E-state index in [1.807, 2.05) is 17.9 Å². The number of aryl methyl sites for hydroxylation is 1. The SMILES string of the molecule is Cc1nc2c(c(=O)[nH]1)CCC21CCCN(C(=O)Cc2ccn[nH]2)C1. The maximum absolute atomic E-state index is 12.6. The van der Waals surface area contributed by atoms with Crippen LogP contribution in [0.3, 0.4) is 0 Å². The molecule has 1 saturated heterocycles. The summed E-state index contributed by atoms with van der Waals surface area (Å²) in [6, 6.07) is 1.83. The van der Waals surface area contributed by atoms with Crippen LogP contribution in [0.4, 0.5) is 0 Å². The number of carbonyl (C=O) groups excluding carboxylic acids is 1. The molecule has 3 heterocycles. The van der Waals surface area contributed by atoms with Crippen molar-refractivity contribution in [1.29, 1.82) is 0 Å². The van der Waals surface area contributed by atoms with Crippen molar-refractivity contribution < 1.29 is 4.79 Å². The Labute approximate surface area is 139 Å². The molecular weight excluding hydrogens is 306 g/mol. The lowest BCUT2D eigenvalue weighted by atomic mass is 9.77. The first-order valence-electron chi connectivity index (χ1n) is 8.44. The van der Waals surface area contributed by atoms with Gasteiger partial charge in [0.25, 0.3) is 5.56 Å². The highest BCUT2D eigenvalue weighted by atomic mass is 16.2. The Morgan fingerprint density at radius 1 is 1.42 bits per heavy atom.